The van der Waals surface area contributed by atoms with Crippen LogP contribution in [-0.4, -0.2) is 61.2 Å². The van der Waals surface area contributed by atoms with Crippen molar-refractivity contribution in [3.8, 4) is 0 Å². The van der Waals surface area contributed by atoms with Gasteiger partial charge in [0.15, 0.2) is 5.82 Å². The smallest absolute Gasteiger partial charge is 0.158 e. The van der Waals surface area contributed by atoms with Gasteiger partial charge in [-0.2, -0.15) is 0 Å². The molecule has 0 bridgehead atoms. The molecule has 0 saturated carbocycles. The van der Waals surface area contributed by atoms with Gasteiger partial charge in [-0.05, 0) is 33.9 Å². The Morgan fingerprint density at radius 2 is 2.19 bits per heavy atom. The quantitative estimate of drug-likeness (QED) is 0.889. The Balaban J connectivity index is 2.23. The maximum atomic E-state index is 5.45. The molecule has 1 fully saturated rings. The average molecular weight is 293 g/mol. The van der Waals surface area contributed by atoms with Gasteiger partial charge in [-0.25, -0.2) is 9.97 Å². The van der Waals surface area contributed by atoms with E-state index in [1.807, 2.05) is 20.0 Å². The Morgan fingerprint density at radius 1 is 1.38 bits per heavy atom. The van der Waals surface area contributed by atoms with Crippen LogP contribution in [0.1, 0.15) is 26.1 Å². The first-order valence-corrected chi connectivity index (χ1v) is 7.72. The molecule has 6 nitrogen and oxygen atoms in total. The highest BCUT2D eigenvalue weighted by atomic mass is 16.5. The molecule has 0 amide bonds. The van der Waals surface area contributed by atoms with E-state index in [1.165, 1.54) is 0 Å². The third kappa shape index (κ3) is 4.28. The Labute approximate surface area is 127 Å². The van der Waals surface area contributed by atoms with Crippen LogP contribution in [0.25, 0.3) is 0 Å². The van der Waals surface area contributed by atoms with Crippen LogP contribution in [0.5, 0.6) is 0 Å². The molecular weight excluding hydrogens is 266 g/mol. The highest BCUT2D eigenvalue weighted by Gasteiger charge is 2.21. The average Bonchev–Trinajstić information content (AvgIpc) is 2.65. The topological polar surface area (TPSA) is 53.5 Å². The number of aromatic nitrogens is 2. The first kappa shape index (κ1) is 16.0. The largest absolute Gasteiger partial charge is 0.374 e. The van der Waals surface area contributed by atoms with E-state index in [-0.39, 0.29) is 0 Å². The monoisotopic (exact) mass is 293 g/mol. The lowest BCUT2D eigenvalue weighted by Crippen LogP contribution is -2.38. The third-order valence-electron chi connectivity index (χ3n) is 3.79. The molecule has 0 radical (unpaired) electrons. The number of hydrogen-bond acceptors (Lipinski definition) is 6. The van der Waals surface area contributed by atoms with Gasteiger partial charge in [0.05, 0.1) is 0 Å². The van der Waals surface area contributed by atoms with Gasteiger partial charge in [0.1, 0.15) is 18.2 Å². The van der Waals surface area contributed by atoms with Gasteiger partial charge in [-0.3, -0.25) is 0 Å². The molecule has 1 aromatic heterocycles. The third-order valence-corrected chi connectivity index (χ3v) is 3.79. The van der Waals surface area contributed by atoms with E-state index in [2.05, 4.69) is 34.1 Å². The molecule has 1 unspecified atom stereocenters. The SMILES string of the molecule is CCOCc1nc(NC)cc(N2CCCN(C)CC2C)n1. The molecule has 0 aliphatic carbocycles. The fraction of sp³-hybridized carbons (Fsp3) is 0.733. The molecule has 6 heteroatoms. The van der Waals surface area contributed by atoms with Gasteiger partial charge in [-0.15, -0.1) is 0 Å². The van der Waals surface area contributed by atoms with Crippen molar-refractivity contribution < 1.29 is 4.74 Å². The zero-order valence-corrected chi connectivity index (χ0v) is 13.6. The van der Waals surface area contributed by atoms with E-state index >= 15 is 0 Å². The van der Waals surface area contributed by atoms with Crippen molar-refractivity contribution in [1.82, 2.24) is 14.9 Å². The lowest BCUT2D eigenvalue weighted by molar-refractivity contribution is 0.128. The predicted molar refractivity (Wildman–Crippen MR) is 85.8 cm³/mol. The van der Waals surface area contributed by atoms with E-state index in [4.69, 9.17) is 9.72 Å². The molecule has 1 aliphatic rings. The number of likely N-dealkylation sites (N-methyl/N-ethyl adjacent to an activating group) is 1. The van der Waals surface area contributed by atoms with Crippen molar-refractivity contribution in [1.29, 1.82) is 0 Å². The molecule has 118 valence electrons. The highest BCUT2D eigenvalue weighted by molar-refractivity contribution is 5.50. The van der Waals surface area contributed by atoms with Crippen LogP contribution in [0.2, 0.25) is 0 Å². The van der Waals surface area contributed by atoms with Gasteiger partial charge in [0.2, 0.25) is 0 Å². The summed E-state index contributed by atoms with van der Waals surface area (Å²) >= 11 is 0. The summed E-state index contributed by atoms with van der Waals surface area (Å²) in [5, 5.41) is 3.12. The summed E-state index contributed by atoms with van der Waals surface area (Å²) < 4.78 is 5.45. The number of nitrogens with zero attached hydrogens (tertiary/aromatic N) is 4. The Kier molecular flexibility index (Phi) is 5.76. The maximum Gasteiger partial charge on any atom is 0.158 e. The molecule has 2 heterocycles. The van der Waals surface area contributed by atoms with E-state index in [1.54, 1.807) is 0 Å². The Morgan fingerprint density at radius 3 is 2.90 bits per heavy atom. The number of ether oxygens (including phenoxy) is 1. The molecule has 1 aliphatic heterocycles. The van der Waals surface area contributed by atoms with Crippen molar-refractivity contribution in [3.05, 3.63) is 11.9 Å². The Hall–Kier alpha value is -1.40. The standard InChI is InChI=1S/C15H27N5O/c1-5-21-11-14-17-13(16-3)9-15(18-14)20-8-6-7-19(4)10-12(20)2/h9,12H,5-8,10-11H2,1-4H3,(H,16,17,18). The van der Waals surface area contributed by atoms with E-state index in [9.17, 15) is 0 Å². The summed E-state index contributed by atoms with van der Waals surface area (Å²) in [5.74, 6) is 2.58. The fourth-order valence-electron chi connectivity index (χ4n) is 2.73. The van der Waals surface area contributed by atoms with Gasteiger partial charge < -0.3 is 19.9 Å². The van der Waals surface area contributed by atoms with Crippen LogP contribution in [-0.2, 0) is 11.3 Å². The molecule has 1 aromatic rings. The summed E-state index contributed by atoms with van der Waals surface area (Å²) in [6, 6.07) is 2.47. The molecular formula is C15H27N5O. The summed E-state index contributed by atoms with van der Waals surface area (Å²) in [4.78, 5) is 13.9. The fourth-order valence-corrected chi connectivity index (χ4v) is 2.73. The van der Waals surface area contributed by atoms with Gasteiger partial charge in [0, 0.05) is 38.9 Å². The normalized spacial score (nSPS) is 20.4. The second-order valence-corrected chi connectivity index (χ2v) is 5.57. The van der Waals surface area contributed by atoms with Crippen LogP contribution in [0.3, 0.4) is 0 Å². The van der Waals surface area contributed by atoms with Crippen LogP contribution in [0, 0.1) is 0 Å². The first-order chi connectivity index (χ1) is 10.1. The second kappa shape index (κ2) is 7.56. The number of anilines is 2. The van der Waals surface area contributed by atoms with Gasteiger partial charge in [-0.1, -0.05) is 0 Å². The van der Waals surface area contributed by atoms with E-state index < -0.39 is 0 Å². The molecule has 1 atom stereocenters. The summed E-state index contributed by atoms with van der Waals surface area (Å²) in [7, 11) is 4.07. The minimum atomic E-state index is 0.442. The van der Waals surface area contributed by atoms with Crippen molar-refractivity contribution in [2.75, 3.05) is 50.6 Å². The van der Waals surface area contributed by atoms with Gasteiger partial charge >= 0.3 is 0 Å². The zero-order chi connectivity index (χ0) is 15.2. The van der Waals surface area contributed by atoms with Crippen LogP contribution in [0.4, 0.5) is 11.6 Å². The highest BCUT2D eigenvalue weighted by Crippen LogP contribution is 2.21. The number of rotatable bonds is 5. The minimum absolute atomic E-state index is 0.442. The lowest BCUT2D eigenvalue weighted by Gasteiger charge is -2.29. The number of nitrogens with one attached hydrogen (secondary N) is 1. The van der Waals surface area contributed by atoms with Crippen molar-refractivity contribution in [2.45, 2.75) is 32.9 Å². The van der Waals surface area contributed by atoms with Gasteiger partial charge in [0.25, 0.3) is 0 Å². The maximum absolute atomic E-state index is 5.45. The van der Waals surface area contributed by atoms with E-state index in [0.29, 0.717) is 19.3 Å². The summed E-state index contributed by atoms with van der Waals surface area (Å²) in [6.45, 7) is 8.59. The molecule has 1 N–H and O–H groups in total. The molecule has 0 aromatic carbocycles. The predicted octanol–water partition coefficient (Wildman–Crippen LogP) is 1.59. The van der Waals surface area contributed by atoms with Crippen molar-refractivity contribution >= 4 is 11.6 Å². The minimum Gasteiger partial charge on any atom is -0.374 e. The first-order valence-electron chi connectivity index (χ1n) is 7.72. The zero-order valence-electron chi connectivity index (χ0n) is 13.6. The second-order valence-electron chi connectivity index (χ2n) is 5.57. The summed E-state index contributed by atoms with van der Waals surface area (Å²) in [6.07, 6.45) is 1.15. The molecule has 1 saturated heterocycles. The van der Waals surface area contributed by atoms with Crippen molar-refractivity contribution in [2.24, 2.45) is 0 Å². The molecule has 21 heavy (non-hydrogen) atoms. The van der Waals surface area contributed by atoms with Crippen LogP contribution >= 0.6 is 0 Å². The lowest BCUT2D eigenvalue weighted by atomic mass is 10.2. The van der Waals surface area contributed by atoms with E-state index in [0.717, 1.165) is 43.5 Å². The molecule has 2 rings (SSSR count). The Bertz CT molecular complexity index is 454. The number of hydrogen-bond donors (Lipinski definition) is 1. The molecule has 0 spiro atoms. The van der Waals surface area contributed by atoms with Crippen LogP contribution in [0.15, 0.2) is 6.07 Å². The van der Waals surface area contributed by atoms with Crippen molar-refractivity contribution in [3.63, 3.8) is 0 Å². The van der Waals surface area contributed by atoms with Crippen LogP contribution < -0.4 is 10.2 Å². The summed E-state index contributed by atoms with van der Waals surface area (Å²) in [5.41, 5.74) is 0.